The highest BCUT2D eigenvalue weighted by Crippen LogP contribution is 2.25. The normalized spacial score (nSPS) is 29.4. The third-order valence-electron chi connectivity index (χ3n) is 4.45. The van der Waals surface area contributed by atoms with E-state index in [1.165, 1.54) is 5.56 Å². The Kier molecular flexibility index (Phi) is 3.26. The highest BCUT2D eigenvalue weighted by atomic mass is 16.3. The molecule has 1 aliphatic carbocycles. The number of carbonyl (C=O) groups excluding carboxylic acids is 1. The van der Waals surface area contributed by atoms with Crippen LogP contribution in [0.5, 0.6) is 0 Å². The van der Waals surface area contributed by atoms with Crippen molar-refractivity contribution in [2.75, 3.05) is 13.1 Å². The second kappa shape index (κ2) is 4.82. The molecular formula is C15H20N2O3. The van der Waals surface area contributed by atoms with Crippen LogP contribution in [0, 0.1) is 0 Å². The highest BCUT2D eigenvalue weighted by molar-refractivity contribution is 5.94. The van der Waals surface area contributed by atoms with Crippen molar-refractivity contribution in [2.24, 2.45) is 0 Å². The smallest absolute Gasteiger partial charge is 0.255 e. The first kappa shape index (κ1) is 13.5. The minimum absolute atomic E-state index is 0.109. The number of aromatic nitrogens is 1. The summed E-state index contributed by atoms with van der Waals surface area (Å²) in [5, 5.41) is 19.8. The monoisotopic (exact) mass is 276 g/mol. The molecule has 0 aromatic carbocycles. The predicted molar refractivity (Wildman–Crippen MR) is 73.4 cm³/mol. The molecule has 0 radical (unpaired) electrons. The number of hydrogen-bond donors (Lipinski definition) is 2. The van der Waals surface area contributed by atoms with E-state index in [9.17, 15) is 15.0 Å². The fourth-order valence-electron chi connectivity index (χ4n) is 2.94. The number of fused-ring (bicyclic) bond motifs is 1. The van der Waals surface area contributed by atoms with Gasteiger partial charge < -0.3 is 15.1 Å². The van der Waals surface area contributed by atoms with Gasteiger partial charge in [-0.3, -0.25) is 9.78 Å². The number of rotatable bonds is 1. The van der Waals surface area contributed by atoms with Crippen molar-refractivity contribution in [3.8, 4) is 0 Å². The summed E-state index contributed by atoms with van der Waals surface area (Å²) in [6.07, 6.45) is 4.20. The summed E-state index contributed by atoms with van der Waals surface area (Å²) in [5.74, 6) is -0.109. The third-order valence-corrected chi connectivity index (χ3v) is 4.45. The van der Waals surface area contributed by atoms with E-state index in [2.05, 4.69) is 4.98 Å². The maximum absolute atomic E-state index is 12.4. The van der Waals surface area contributed by atoms with Crippen molar-refractivity contribution in [3.05, 3.63) is 29.1 Å². The summed E-state index contributed by atoms with van der Waals surface area (Å²) in [6, 6.07) is 1.93. The fraction of sp³-hybridized carbons (Fsp3) is 0.600. The number of aryl methyl sites for hydroxylation is 2. The quantitative estimate of drug-likeness (QED) is 0.784. The van der Waals surface area contributed by atoms with Crippen LogP contribution in [-0.4, -0.2) is 50.8 Å². The van der Waals surface area contributed by atoms with Gasteiger partial charge in [0, 0.05) is 25.0 Å². The van der Waals surface area contributed by atoms with Gasteiger partial charge in [0.1, 0.15) is 0 Å². The average molecular weight is 276 g/mol. The van der Waals surface area contributed by atoms with Crippen molar-refractivity contribution in [1.82, 2.24) is 9.88 Å². The molecule has 1 fully saturated rings. The van der Waals surface area contributed by atoms with Crippen molar-refractivity contribution >= 4 is 5.91 Å². The van der Waals surface area contributed by atoms with E-state index in [-0.39, 0.29) is 12.5 Å². The first-order chi connectivity index (χ1) is 9.47. The molecule has 1 aromatic rings. The molecule has 2 aliphatic rings. The van der Waals surface area contributed by atoms with Crippen LogP contribution in [0.3, 0.4) is 0 Å². The number of amides is 1. The SMILES string of the molecule is C[C@@]1(O)CCN(C(=O)c2cnc3c(c2)CCC3)C[C@@H]1O. The van der Waals surface area contributed by atoms with E-state index < -0.39 is 11.7 Å². The summed E-state index contributed by atoms with van der Waals surface area (Å²) >= 11 is 0. The van der Waals surface area contributed by atoms with Gasteiger partial charge in [0.15, 0.2) is 0 Å². The van der Waals surface area contributed by atoms with Crippen molar-refractivity contribution in [1.29, 1.82) is 0 Å². The Hall–Kier alpha value is -1.46. The Morgan fingerprint density at radius 2 is 2.30 bits per heavy atom. The summed E-state index contributed by atoms with van der Waals surface area (Å²) in [4.78, 5) is 18.4. The van der Waals surface area contributed by atoms with Gasteiger partial charge >= 0.3 is 0 Å². The maximum Gasteiger partial charge on any atom is 0.255 e. The summed E-state index contributed by atoms with van der Waals surface area (Å²) < 4.78 is 0. The zero-order valence-corrected chi connectivity index (χ0v) is 11.7. The lowest BCUT2D eigenvalue weighted by Crippen LogP contribution is -2.55. The molecule has 1 aliphatic heterocycles. The number of piperidine rings is 1. The second-order valence-electron chi connectivity index (χ2n) is 6.06. The topological polar surface area (TPSA) is 73.7 Å². The Morgan fingerprint density at radius 1 is 1.50 bits per heavy atom. The molecule has 20 heavy (non-hydrogen) atoms. The molecule has 0 spiro atoms. The molecule has 2 N–H and O–H groups in total. The van der Waals surface area contributed by atoms with E-state index in [0.717, 1.165) is 25.0 Å². The molecule has 0 bridgehead atoms. The van der Waals surface area contributed by atoms with Crippen LogP contribution in [0.2, 0.25) is 0 Å². The molecule has 1 aromatic heterocycles. The Labute approximate surface area is 118 Å². The maximum atomic E-state index is 12.4. The lowest BCUT2D eigenvalue weighted by atomic mass is 9.90. The van der Waals surface area contributed by atoms with Gasteiger partial charge in [-0.1, -0.05) is 0 Å². The average Bonchev–Trinajstić information content (AvgIpc) is 2.88. The number of carbonyl (C=O) groups is 1. The molecule has 1 amide bonds. The first-order valence-corrected chi connectivity index (χ1v) is 7.15. The second-order valence-corrected chi connectivity index (χ2v) is 6.06. The number of pyridine rings is 1. The van der Waals surface area contributed by atoms with Crippen LogP contribution >= 0.6 is 0 Å². The molecule has 5 nitrogen and oxygen atoms in total. The number of aliphatic hydroxyl groups is 2. The Bertz CT molecular complexity index is 542. The Balaban J connectivity index is 1.76. The molecule has 108 valence electrons. The molecule has 2 heterocycles. The van der Waals surface area contributed by atoms with Crippen LogP contribution in [0.1, 0.15) is 41.4 Å². The van der Waals surface area contributed by atoms with Crippen LogP contribution in [0.15, 0.2) is 12.3 Å². The third kappa shape index (κ3) is 2.31. The van der Waals surface area contributed by atoms with Gasteiger partial charge in [-0.2, -0.15) is 0 Å². The fourth-order valence-corrected chi connectivity index (χ4v) is 2.94. The number of aliphatic hydroxyl groups excluding tert-OH is 1. The number of β-amino-alcohol motifs (C(OH)–C–C–N with tert-alkyl or cyclic N) is 1. The summed E-state index contributed by atoms with van der Waals surface area (Å²) in [5.41, 5.74) is 1.75. The van der Waals surface area contributed by atoms with Gasteiger partial charge in [-0.15, -0.1) is 0 Å². The van der Waals surface area contributed by atoms with Crippen LogP contribution in [0.4, 0.5) is 0 Å². The summed E-state index contributed by atoms with van der Waals surface area (Å²) in [7, 11) is 0. The zero-order chi connectivity index (χ0) is 14.3. The van der Waals surface area contributed by atoms with Crippen LogP contribution in [0.25, 0.3) is 0 Å². The lowest BCUT2D eigenvalue weighted by Gasteiger charge is -2.39. The van der Waals surface area contributed by atoms with E-state index in [1.54, 1.807) is 18.0 Å². The van der Waals surface area contributed by atoms with E-state index in [0.29, 0.717) is 18.5 Å². The Morgan fingerprint density at radius 3 is 3.05 bits per heavy atom. The molecule has 0 saturated carbocycles. The minimum atomic E-state index is -1.10. The number of hydrogen-bond acceptors (Lipinski definition) is 4. The number of likely N-dealkylation sites (tertiary alicyclic amines) is 1. The molecule has 2 atom stereocenters. The minimum Gasteiger partial charge on any atom is -0.388 e. The van der Waals surface area contributed by atoms with E-state index >= 15 is 0 Å². The van der Waals surface area contributed by atoms with Gasteiger partial charge in [0.2, 0.25) is 0 Å². The molecule has 3 rings (SSSR count). The molecule has 0 unspecified atom stereocenters. The lowest BCUT2D eigenvalue weighted by molar-refractivity contribution is -0.0999. The van der Waals surface area contributed by atoms with Gasteiger partial charge in [0.25, 0.3) is 5.91 Å². The molecule has 1 saturated heterocycles. The van der Waals surface area contributed by atoms with Crippen molar-refractivity contribution < 1.29 is 15.0 Å². The van der Waals surface area contributed by atoms with Crippen molar-refractivity contribution in [3.63, 3.8) is 0 Å². The van der Waals surface area contributed by atoms with Crippen LogP contribution in [-0.2, 0) is 12.8 Å². The van der Waals surface area contributed by atoms with Crippen LogP contribution < -0.4 is 0 Å². The number of nitrogens with zero attached hydrogens (tertiary/aromatic N) is 2. The summed E-state index contributed by atoms with van der Waals surface area (Å²) in [6.45, 7) is 2.24. The van der Waals surface area contributed by atoms with Crippen molar-refractivity contribution in [2.45, 2.75) is 44.3 Å². The highest BCUT2D eigenvalue weighted by Gasteiger charge is 2.38. The van der Waals surface area contributed by atoms with Gasteiger partial charge in [-0.25, -0.2) is 0 Å². The van der Waals surface area contributed by atoms with Gasteiger partial charge in [-0.05, 0) is 44.2 Å². The molecule has 5 heteroatoms. The predicted octanol–water partition coefficient (Wildman–Crippen LogP) is 0.528. The van der Waals surface area contributed by atoms with E-state index in [4.69, 9.17) is 0 Å². The zero-order valence-electron chi connectivity index (χ0n) is 11.7. The van der Waals surface area contributed by atoms with Gasteiger partial charge in [0.05, 0.1) is 17.3 Å². The molecular weight excluding hydrogens is 256 g/mol. The van der Waals surface area contributed by atoms with E-state index in [1.807, 2.05) is 6.07 Å². The standard InChI is InChI=1S/C15H20N2O3/c1-15(20)5-6-17(9-13(15)18)14(19)11-7-10-3-2-4-12(10)16-8-11/h7-8,13,18,20H,2-6,9H2,1H3/t13-,15+/m0/s1. The first-order valence-electron chi connectivity index (χ1n) is 7.15. The largest absolute Gasteiger partial charge is 0.388 e.